The van der Waals surface area contributed by atoms with Crippen molar-refractivity contribution in [1.82, 2.24) is 14.5 Å². The van der Waals surface area contributed by atoms with Crippen LogP contribution in [0.15, 0.2) is 59.8 Å². The summed E-state index contributed by atoms with van der Waals surface area (Å²) in [7, 11) is -1.94. The molecule has 3 aromatic rings. The summed E-state index contributed by atoms with van der Waals surface area (Å²) in [6, 6.07) is 14.0. The molecule has 0 bridgehead atoms. The molecule has 1 heterocycles. The van der Waals surface area contributed by atoms with Crippen LogP contribution >= 0.6 is 0 Å². The summed E-state index contributed by atoms with van der Waals surface area (Å²) in [5.41, 5.74) is 0.947. The molecule has 0 aliphatic rings. The highest BCUT2D eigenvalue weighted by Gasteiger charge is 2.21. The van der Waals surface area contributed by atoms with Crippen molar-refractivity contribution in [3.05, 3.63) is 60.4 Å². The fourth-order valence-electron chi connectivity index (χ4n) is 2.24. The summed E-state index contributed by atoms with van der Waals surface area (Å²) in [5, 5.41) is 8.45. The number of fused-ring (bicyclic) bond motifs is 1. The van der Waals surface area contributed by atoms with Crippen LogP contribution < -0.4 is 0 Å². The van der Waals surface area contributed by atoms with Crippen LogP contribution in [0, 0.1) is 0 Å². The number of rotatable bonds is 4. The van der Waals surface area contributed by atoms with E-state index in [-0.39, 0.29) is 4.90 Å². The van der Waals surface area contributed by atoms with Crippen LogP contribution in [0.5, 0.6) is 0 Å². The minimum Gasteiger partial charge on any atom is -0.284 e. The molecule has 5 nitrogen and oxygen atoms in total. The van der Waals surface area contributed by atoms with Gasteiger partial charge in [0.1, 0.15) is 4.90 Å². The van der Waals surface area contributed by atoms with Gasteiger partial charge in [-0.15, -0.1) is 0 Å². The van der Waals surface area contributed by atoms with Gasteiger partial charge in [0, 0.05) is 19.8 Å². The minimum absolute atomic E-state index is 0.172. The van der Waals surface area contributed by atoms with E-state index < -0.39 is 10.0 Å². The van der Waals surface area contributed by atoms with Gasteiger partial charge in [-0.25, -0.2) is 8.42 Å². The number of nitrogens with one attached hydrogen (secondary N) is 1. The van der Waals surface area contributed by atoms with E-state index in [0.29, 0.717) is 6.54 Å². The molecule has 2 aromatic carbocycles. The van der Waals surface area contributed by atoms with Crippen molar-refractivity contribution in [2.45, 2.75) is 11.4 Å². The molecule has 0 spiro atoms. The van der Waals surface area contributed by atoms with Crippen molar-refractivity contribution < 1.29 is 8.42 Å². The quantitative estimate of drug-likeness (QED) is 0.804. The fourth-order valence-corrected chi connectivity index (χ4v) is 3.31. The topological polar surface area (TPSA) is 66.1 Å². The van der Waals surface area contributed by atoms with Crippen molar-refractivity contribution in [2.75, 3.05) is 7.05 Å². The van der Waals surface area contributed by atoms with Crippen LogP contribution in [0.2, 0.25) is 0 Å². The van der Waals surface area contributed by atoms with Gasteiger partial charge in [0.25, 0.3) is 0 Å². The van der Waals surface area contributed by atoms with Crippen molar-refractivity contribution in [3.63, 3.8) is 0 Å². The van der Waals surface area contributed by atoms with E-state index in [0.717, 1.165) is 16.3 Å². The molecule has 1 aromatic heterocycles. The van der Waals surface area contributed by atoms with Crippen molar-refractivity contribution in [1.29, 1.82) is 0 Å². The van der Waals surface area contributed by atoms with E-state index in [2.05, 4.69) is 10.2 Å². The number of sulfonamides is 1. The molecule has 0 aliphatic heterocycles. The lowest BCUT2D eigenvalue weighted by molar-refractivity contribution is 0.467. The van der Waals surface area contributed by atoms with E-state index >= 15 is 0 Å². The smallest absolute Gasteiger partial charge is 0.246 e. The summed E-state index contributed by atoms with van der Waals surface area (Å²) >= 11 is 0. The zero-order chi connectivity index (χ0) is 14.9. The Kier molecular flexibility index (Phi) is 3.48. The molecule has 0 radical (unpaired) electrons. The molecule has 6 heteroatoms. The first-order valence-corrected chi connectivity index (χ1v) is 7.94. The third-order valence-corrected chi connectivity index (χ3v) is 5.17. The van der Waals surface area contributed by atoms with Crippen molar-refractivity contribution in [2.24, 2.45) is 0 Å². The Morgan fingerprint density at radius 1 is 1.14 bits per heavy atom. The van der Waals surface area contributed by atoms with Gasteiger partial charge in [-0.05, 0) is 22.4 Å². The van der Waals surface area contributed by atoms with Crippen LogP contribution in [-0.2, 0) is 16.6 Å². The van der Waals surface area contributed by atoms with Crippen LogP contribution in [0.4, 0.5) is 0 Å². The Morgan fingerprint density at radius 2 is 1.90 bits per heavy atom. The SMILES string of the molecule is CN(Cc1ccc2ccccc2c1)S(=O)(=O)c1cn[nH]c1. The van der Waals surface area contributed by atoms with Crippen LogP contribution in [-0.4, -0.2) is 30.0 Å². The third kappa shape index (κ3) is 2.68. The first kappa shape index (κ1) is 13.8. The molecule has 21 heavy (non-hydrogen) atoms. The van der Waals surface area contributed by atoms with Gasteiger partial charge in [0.15, 0.2) is 0 Å². The molecular formula is C15H15N3O2S. The van der Waals surface area contributed by atoms with E-state index in [1.807, 2.05) is 42.5 Å². The molecule has 0 atom stereocenters. The predicted molar refractivity (Wildman–Crippen MR) is 81.2 cm³/mol. The molecule has 0 amide bonds. The standard InChI is InChI=1S/C15H15N3O2S/c1-18(21(19,20)15-9-16-17-10-15)11-12-6-7-13-4-2-3-5-14(13)8-12/h2-10H,11H2,1H3,(H,16,17). The zero-order valence-electron chi connectivity index (χ0n) is 11.5. The molecular weight excluding hydrogens is 286 g/mol. The minimum atomic E-state index is -3.51. The maximum atomic E-state index is 12.3. The Balaban J connectivity index is 1.88. The van der Waals surface area contributed by atoms with Crippen LogP contribution in [0.1, 0.15) is 5.56 Å². The van der Waals surface area contributed by atoms with Crippen LogP contribution in [0.25, 0.3) is 10.8 Å². The number of benzene rings is 2. The van der Waals surface area contributed by atoms with E-state index in [1.165, 1.54) is 16.7 Å². The van der Waals surface area contributed by atoms with Gasteiger partial charge in [0.2, 0.25) is 10.0 Å². The summed E-state index contributed by atoms with van der Waals surface area (Å²) in [6.45, 7) is 0.318. The lowest BCUT2D eigenvalue weighted by Gasteiger charge is -2.16. The van der Waals surface area contributed by atoms with E-state index in [1.54, 1.807) is 7.05 Å². The predicted octanol–water partition coefficient (Wildman–Crippen LogP) is 2.38. The second-order valence-corrected chi connectivity index (χ2v) is 6.92. The van der Waals surface area contributed by atoms with Crippen molar-refractivity contribution in [3.8, 4) is 0 Å². The van der Waals surface area contributed by atoms with Gasteiger partial charge >= 0.3 is 0 Å². The molecule has 0 unspecified atom stereocenters. The number of aromatic amines is 1. The highest BCUT2D eigenvalue weighted by Crippen LogP contribution is 2.19. The van der Waals surface area contributed by atoms with Gasteiger partial charge in [0.05, 0.1) is 6.20 Å². The highest BCUT2D eigenvalue weighted by atomic mass is 32.2. The molecule has 0 aliphatic carbocycles. The van der Waals surface area contributed by atoms with E-state index in [9.17, 15) is 8.42 Å². The molecule has 1 N–H and O–H groups in total. The van der Waals surface area contributed by atoms with Crippen molar-refractivity contribution >= 4 is 20.8 Å². The van der Waals surface area contributed by atoms with Crippen LogP contribution in [0.3, 0.4) is 0 Å². The number of aromatic nitrogens is 2. The number of hydrogen-bond donors (Lipinski definition) is 1. The number of hydrogen-bond acceptors (Lipinski definition) is 3. The van der Waals surface area contributed by atoms with Gasteiger partial charge in [-0.1, -0.05) is 36.4 Å². The second kappa shape index (κ2) is 5.31. The second-order valence-electron chi connectivity index (χ2n) is 4.88. The average molecular weight is 301 g/mol. The van der Waals surface area contributed by atoms with Gasteiger partial charge < -0.3 is 0 Å². The number of nitrogens with zero attached hydrogens (tertiary/aromatic N) is 2. The molecule has 3 rings (SSSR count). The first-order valence-electron chi connectivity index (χ1n) is 6.50. The molecule has 0 saturated carbocycles. The first-order chi connectivity index (χ1) is 10.1. The van der Waals surface area contributed by atoms with Gasteiger partial charge in [-0.3, -0.25) is 5.10 Å². The zero-order valence-corrected chi connectivity index (χ0v) is 12.3. The highest BCUT2D eigenvalue weighted by molar-refractivity contribution is 7.89. The fraction of sp³-hybridized carbons (Fsp3) is 0.133. The summed E-state index contributed by atoms with van der Waals surface area (Å²) in [6.07, 6.45) is 2.69. The monoisotopic (exact) mass is 301 g/mol. The average Bonchev–Trinajstić information content (AvgIpc) is 3.02. The third-order valence-electron chi connectivity index (χ3n) is 3.40. The summed E-state index contributed by atoms with van der Waals surface area (Å²) in [4.78, 5) is 0.172. The normalized spacial score (nSPS) is 12.1. The molecule has 108 valence electrons. The Hall–Kier alpha value is -2.18. The Bertz CT molecular complexity index is 858. The maximum Gasteiger partial charge on any atom is 0.246 e. The lowest BCUT2D eigenvalue weighted by Crippen LogP contribution is -2.26. The molecule has 0 saturated heterocycles. The largest absolute Gasteiger partial charge is 0.284 e. The maximum absolute atomic E-state index is 12.3. The number of H-pyrrole nitrogens is 1. The van der Waals surface area contributed by atoms with Gasteiger partial charge in [-0.2, -0.15) is 9.40 Å². The Morgan fingerprint density at radius 3 is 2.62 bits per heavy atom. The lowest BCUT2D eigenvalue weighted by atomic mass is 10.1. The Labute approximate surface area is 123 Å². The molecule has 0 fully saturated rings. The van der Waals surface area contributed by atoms with E-state index in [4.69, 9.17) is 0 Å². The summed E-state index contributed by atoms with van der Waals surface area (Å²) < 4.78 is 26.0. The summed E-state index contributed by atoms with van der Waals surface area (Å²) in [5.74, 6) is 0.